The molecule has 0 spiro atoms. The average Bonchev–Trinajstić information content (AvgIpc) is 3.62. The van der Waals surface area contributed by atoms with Gasteiger partial charge in [0.2, 0.25) is 0 Å². The number of phenols is 1. The van der Waals surface area contributed by atoms with Crippen LogP contribution in [-0.2, 0) is 16.2 Å². The first kappa shape index (κ1) is 37.3. The van der Waals surface area contributed by atoms with Gasteiger partial charge in [-0.2, -0.15) is 0 Å². The van der Waals surface area contributed by atoms with Crippen molar-refractivity contribution >= 4 is 11.0 Å². The van der Waals surface area contributed by atoms with Gasteiger partial charge in [-0.05, 0) is 128 Å². The Kier molecular flexibility index (Phi) is 9.00. The van der Waals surface area contributed by atoms with Crippen molar-refractivity contribution < 1.29 is 5.11 Å². The van der Waals surface area contributed by atoms with E-state index in [2.05, 4.69) is 180 Å². The molecular formula is C54H51N3O. The minimum Gasteiger partial charge on any atom is -0.507 e. The second kappa shape index (κ2) is 14.0. The molecule has 4 heteroatoms. The molecule has 2 aromatic heterocycles. The van der Waals surface area contributed by atoms with E-state index >= 15 is 0 Å². The Morgan fingerprint density at radius 2 is 1.16 bits per heavy atom. The summed E-state index contributed by atoms with van der Waals surface area (Å²) < 4.78 is 2.21. The van der Waals surface area contributed by atoms with Crippen LogP contribution in [0.4, 0.5) is 0 Å². The van der Waals surface area contributed by atoms with Crippen molar-refractivity contribution in [2.45, 2.75) is 77.6 Å². The molecule has 0 atom stereocenters. The molecule has 1 N–H and O–H groups in total. The lowest BCUT2D eigenvalue weighted by atomic mass is 9.63. The summed E-state index contributed by atoms with van der Waals surface area (Å²) in [5.41, 5.74) is 15.9. The normalized spacial score (nSPS) is 14.7. The van der Waals surface area contributed by atoms with Crippen molar-refractivity contribution in [1.82, 2.24) is 14.5 Å². The number of para-hydroxylation sites is 2. The molecule has 0 unspecified atom stereocenters. The third-order valence-electron chi connectivity index (χ3n) is 12.4. The molecule has 1 aliphatic carbocycles. The summed E-state index contributed by atoms with van der Waals surface area (Å²) in [4.78, 5) is 10.4. The van der Waals surface area contributed by atoms with Crippen molar-refractivity contribution in [3.05, 3.63) is 168 Å². The lowest BCUT2D eigenvalue weighted by Gasteiger charge is -2.42. The molecule has 0 bridgehead atoms. The largest absolute Gasteiger partial charge is 0.507 e. The van der Waals surface area contributed by atoms with Crippen LogP contribution in [0.15, 0.2) is 152 Å². The highest BCUT2D eigenvalue weighted by Crippen LogP contribution is 2.50. The third-order valence-corrected chi connectivity index (χ3v) is 12.4. The number of imidazole rings is 1. The number of nitrogens with zero attached hydrogens (tertiary/aromatic N) is 3. The van der Waals surface area contributed by atoms with E-state index in [9.17, 15) is 5.11 Å². The SMILES string of the molecule is CC(C)(C)c1cc(-c2cc(-c3ccc(-c4ccccc4)cc3)ccn2)cc(-c2cccc3c2nc(-c2cc4c(cc2O)C(C)(C)CCC4(C)C)n3-c2ccccc2)c1. The van der Waals surface area contributed by atoms with Crippen LogP contribution in [0.5, 0.6) is 5.75 Å². The molecular weight excluding hydrogens is 707 g/mol. The minimum atomic E-state index is -0.117. The summed E-state index contributed by atoms with van der Waals surface area (Å²) >= 11 is 0. The molecule has 2 heterocycles. The molecule has 0 aliphatic heterocycles. The Hall–Kier alpha value is -6.26. The van der Waals surface area contributed by atoms with Gasteiger partial charge in [-0.3, -0.25) is 9.55 Å². The molecule has 6 aromatic carbocycles. The van der Waals surface area contributed by atoms with Crippen LogP contribution in [0.2, 0.25) is 0 Å². The summed E-state index contributed by atoms with van der Waals surface area (Å²) in [7, 11) is 0. The van der Waals surface area contributed by atoms with E-state index in [1.807, 2.05) is 24.4 Å². The topological polar surface area (TPSA) is 50.9 Å². The molecule has 0 saturated carbocycles. The molecule has 0 fully saturated rings. The van der Waals surface area contributed by atoms with Gasteiger partial charge in [0.15, 0.2) is 0 Å². The van der Waals surface area contributed by atoms with Crippen molar-refractivity contribution in [2.75, 3.05) is 0 Å². The minimum absolute atomic E-state index is 0.0231. The number of aromatic nitrogens is 3. The van der Waals surface area contributed by atoms with E-state index in [1.54, 1.807) is 0 Å². The monoisotopic (exact) mass is 757 g/mol. The zero-order chi connectivity index (χ0) is 40.4. The van der Waals surface area contributed by atoms with Crippen LogP contribution in [-0.4, -0.2) is 19.6 Å². The maximum atomic E-state index is 11.9. The summed E-state index contributed by atoms with van der Waals surface area (Å²) in [5, 5.41) is 11.9. The van der Waals surface area contributed by atoms with Crippen LogP contribution < -0.4 is 0 Å². The number of fused-ring (bicyclic) bond motifs is 2. The number of rotatable bonds is 6. The molecule has 4 nitrogen and oxygen atoms in total. The fourth-order valence-electron chi connectivity index (χ4n) is 8.75. The molecule has 0 saturated heterocycles. The van der Waals surface area contributed by atoms with Gasteiger partial charge in [-0.15, -0.1) is 0 Å². The lowest BCUT2D eigenvalue weighted by molar-refractivity contribution is 0.330. The van der Waals surface area contributed by atoms with E-state index in [0.29, 0.717) is 0 Å². The Bertz CT molecular complexity index is 2800. The van der Waals surface area contributed by atoms with E-state index in [0.717, 1.165) is 74.5 Å². The predicted octanol–water partition coefficient (Wildman–Crippen LogP) is 14.1. The van der Waals surface area contributed by atoms with Gasteiger partial charge >= 0.3 is 0 Å². The summed E-state index contributed by atoms with van der Waals surface area (Å²) in [6, 6.07) is 51.5. The number of benzene rings is 6. The maximum absolute atomic E-state index is 11.9. The number of pyridine rings is 1. The lowest BCUT2D eigenvalue weighted by Crippen LogP contribution is -2.33. The highest BCUT2D eigenvalue weighted by atomic mass is 16.3. The molecule has 58 heavy (non-hydrogen) atoms. The quantitative estimate of drug-likeness (QED) is 0.184. The zero-order valence-corrected chi connectivity index (χ0v) is 34.6. The van der Waals surface area contributed by atoms with Gasteiger partial charge in [0.1, 0.15) is 11.6 Å². The number of aromatic hydroxyl groups is 1. The van der Waals surface area contributed by atoms with Gasteiger partial charge in [0.25, 0.3) is 0 Å². The Morgan fingerprint density at radius 3 is 1.83 bits per heavy atom. The Balaban J connectivity index is 1.21. The number of phenolic OH excluding ortho intramolecular Hbond substituents is 1. The molecule has 1 aliphatic rings. The van der Waals surface area contributed by atoms with Crippen LogP contribution in [0.25, 0.3) is 72.7 Å². The first-order valence-corrected chi connectivity index (χ1v) is 20.5. The molecule has 8 aromatic rings. The van der Waals surface area contributed by atoms with Crippen LogP contribution in [0, 0.1) is 0 Å². The second-order valence-electron chi connectivity index (χ2n) is 18.4. The van der Waals surface area contributed by atoms with Gasteiger partial charge < -0.3 is 5.11 Å². The third kappa shape index (κ3) is 6.71. The van der Waals surface area contributed by atoms with Gasteiger partial charge in [0, 0.05) is 23.0 Å². The smallest absolute Gasteiger partial charge is 0.149 e. The highest BCUT2D eigenvalue weighted by molar-refractivity contribution is 5.97. The van der Waals surface area contributed by atoms with Gasteiger partial charge in [-0.25, -0.2) is 4.98 Å². The summed E-state index contributed by atoms with van der Waals surface area (Å²) in [6.07, 6.45) is 4.08. The Morgan fingerprint density at radius 1 is 0.552 bits per heavy atom. The number of hydrogen-bond donors (Lipinski definition) is 1. The summed E-state index contributed by atoms with van der Waals surface area (Å²) in [5.74, 6) is 0.990. The first-order valence-electron chi connectivity index (χ1n) is 20.5. The van der Waals surface area contributed by atoms with E-state index in [-0.39, 0.29) is 22.0 Å². The average molecular weight is 758 g/mol. The second-order valence-corrected chi connectivity index (χ2v) is 18.4. The van der Waals surface area contributed by atoms with Crippen LogP contribution >= 0.6 is 0 Å². The van der Waals surface area contributed by atoms with Gasteiger partial charge in [-0.1, -0.05) is 139 Å². The summed E-state index contributed by atoms with van der Waals surface area (Å²) in [6.45, 7) is 16.0. The fraction of sp³-hybridized carbons (Fsp3) is 0.222. The highest BCUT2D eigenvalue weighted by Gasteiger charge is 2.38. The van der Waals surface area contributed by atoms with Crippen molar-refractivity contribution in [3.8, 4) is 67.5 Å². The molecule has 0 amide bonds. The number of hydrogen-bond acceptors (Lipinski definition) is 3. The standard InChI is InChI=1S/C54H51N3O/c1-52(2,3)41-30-39(29-40(31-41)47-32-38(25-28-55-47)37-23-21-36(22-24-37)35-15-10-8-11-16-35)43-19-14-20-48-50(43)56-51(57(48)42-17-12-9-13-18-42)44-33-45-46(34-49(44)58)54(6,7)27-26-53(45,4)5/h8-25,28-34,58H,26-27H2,1-7H3. The van der Waals surface area contributed by atoms with E-state index in [4.69, 9.17) is 9.97 Å². The molecule has 9 rings (SSSR count). The van der Waals surface area contributed by atoms with Crippen molar-refractivity contribution in [1.29, 1.82) is 0 Å². The molecule has 288 valence electrons. The fourth-order valence-corrected chi connectivity index (χ4v) is 8.75. The maximum Gasteiger partial charge on any atom is 0.149 e. The first-order chi connectivity index (χ1) is 27.8. The molecule has 0 radical (unpaired) electrons. The Labute approximate surface area is 342 Å². The van der Waals surface area contributed by atoms with E-state index < -0.39 is 0 Å². The van der Waals surface area contributed by atoms with Crippen LogP contribution in [0.3, 0.4) is 0 Å². The predicted molar refractivity (Wildman–Crippen MR) is 242 cm³/mol. The van der Waals surface area contributed by atoms with E-state index in [1.165, 1.54) is 27.8 Å². The van der Waals surface area contributed by atoms with Crippen molar-refractivity contribution in [2.24, 2.45) is 0 Å². The zero-order valence-electron chi connectivity index (χ0n) is 34.6. The van der Waals surface area contributed by atoms with Crippen LogP contribution in [0.1, 0.15) is 78.0 Å². The van der Waals surface area contributed by atoms with Crippen molar-refractivity contribution in [3.63, 3.8) is 0 Å². The van der Waals surface area contributed by atoms with Gasteiger partial charge in [0.05, 0.1) is 22.3 Å².